The fourth-order valence-electron chi connectivity index (χ4n) is 2.48. The van der Waals surface area contributed by atoms with Crippen molar-refractivity contribution in [2.45, 2.75) is 19.9 Å². The van der Waals surface area contributed by atoms with Crippen molar-refractivity contribution in [3.05, 3.63) is 35.9 Å². The molecule has 18 heavy (non-hydrogen) atoms. The van der Waals surface area contributed by atoms with Crippen molar-refractivity contribution in [3.8, 4) is 0 Å². The van der Waals surface area contributed by atoms with E-state index in [0.29, 0.717) is 0 Å². The van der Waals surface area contributed by atoms with Crippen LogP contribution in [0.2, 0.25) is 0 Å². The number of benzene rings is 1. The number of amides is 1. The Morgan fingerprint density at radius 3 is 2.50 bits per heavy atom. The molecule has 1 aliphatic heterocycles. The zero-order valence-corrected chi connectivity index (χ0v) is 11.5. The summed E-state index contributed by atoms with van der Waals surface area (Å²) in [6.07, 6.45) is 0. The van der Waals surface area contributed by atoms with Crippen LogP contribution in [-0.4, -0.2) is 42.4 Å². The third-order valence-electron chi connectivity index (χ3n) is 3.54. The number of carbonyl (C=O) groups is 1. The van der Waals surface area contributed by atoms with E-state index in [1.54, 1.807) is 0 Å². The molecule has 0 radical (unpaired) electrons. The second-order valence-electron chi connectivity index (χ2n) is 5.38. The van der Waals surface area contributed by atoms with Gasteiger partial charge in [0, 0.05) is 25.6 Å². The Morgan fingerprint density at radius 1 is 1.22 bits per heavy atom. The highest BCUT2D eigenvalue weighted by molar-refractivity contribution is 5.78. The summed E-state index contributed by atoms with van der Waals surface area (Å²) < 4.78 is 0. The van der Waals surface area contributed by atoms with E-state index < -0.39 is 0 Å². The Labute approximate surface area is 109 Å². The lowest BCUT2D eigenvalue weighted by molar-refractivity contribution is -0.139. The first-order valence-corrected chi connectivity index (χ1v) is 6.63. The zero-order chi connectivity index (χ0) is 13.1. The molecule has 0 saturated carbocycles. The molecule has 1 amide bonds. The van der Waals surface area contributed by atoms with Crippen LogP contribution < -0.4 is 0 Å². The lowest BCUT2D eigenvalue weighted by Crippen LogP contribution is -2.50. The Morgan fingerprint density at radius 2 is 1.89 bits per heavy atom. The van der Waals surface area contributed by atoms with Gasteiger partial charge in [-0.2, -0.15) is 0 Å². The number of nitrogens with zero attached hydrogens (tertiary/aromatic N) is 2. The number of hydrogen-bond donors (Lipinski definition) is 0. The van der Waals surface area contributed by atoms with Gasteiger partial charge in [0.05, 0.1) is 6.04 Å². The van der Waals surface area contributed by atoms with Crippen LogP contribution in [0.3, 0.4) is 0 Å². The quantitative estimate of drug-likeness (QED) is 0.798. The lowest BCUT2D eigenvalue weighted by atomic mass is 10.0. The largest absolute Gasteiger partial charge is 0.333 e. The average molecular weight is 246 g/mol. The van der Waals surface area contributed by atoms with Crippen LogP contribution in [0.25, 0.3) is 0 Å². The summed E-state index contributed by atoms with van der Waals surface area (Å²) in [4.78, 5) is 16.6. The molecule has 1 fully saturated rings. The number of carbonyl (C=O) groups excluding carboxylic acids is 1. The minimum absolute atomic E-state index is 0.0691. The first kappa shape index (κ1) is 13.1. The SMILES string of the molecule is CC(C)C(=O)N1CCN(C)CC1c1ccccc1. The maximum atomic E-state index is 12.3. The molecule has 0 aliphatic carbocycles. The van der Waals surface area contributed by atoms with Crippen molar-refractivity contribution in [1.82, 2.24) is 9.80 Å². The summed E-state index contributed by atoms with van der Waals surface area (Å²) in [6, 6.07) is 10.5. The van der Waals surface area contributed by atoms with Gasteiger partial charge in [0.1, 0.15) is 0 Å². The van der Waals surface area contributed by atoms with E-state index in [2.05, 4.69) is 24.1 Å². The molecule has 1 atom stereocenters. The molecule has 0 spiro atoms. The van der Waals surface area contributed by atoms with Crippen LogP contribution in [0.5, 0.6) is 0 Å². The highest BCUT2D eigenvalue weighted by atomic mass is 16.2. The predicted molar refractivity (Wildman–Crippen MR) is 73.2 cm³/mol. The molecule has 1 aliphatic rings. The van der Waals surface area contributed by atoms with Crippen molar-refractivity contribution in [2.75, 3.05) is 26.7 Å². The fourth-order valence-corrected chi connectivity index (χ4v) is 2.48. The van der Waals surface area contributed by atoms with Gasteiger partial charge in [0.2, 0.25) is 5.91 Å². The summed E-state index contributed by atoms with van der Waals surface area (Å²) in [5.74, 6) is 0.330. The normalized spacial score (nSPS) is 21.3. The van der Waals surface area contributed by atoms with Crippen molar-refractivity contribution in [1.29, 1.82) is 0 Å². The first-order valence-electron chi connectivity index (χ1n) is 6.63. The average Bonchev–Trinajstić information content (AvgIpc) is 2.39. The Bertz CT molecular complexity index is 402. The second-order valence-corrected chi connectivity index (χ2v) is 5.38. The van der Waals surface area contributed by atoms with Gasteiger partial charge in [0.15, 0.2) is 0 Å². The summed E-state index contributed by atoms with van der Waals surface area (Å²) in [5.41, 5.74) is 1.23. The fraction of sp³-hybridized carbons (Fsp3) is 0.533. The van der Waals surface area contributed by atoms with Crippen LogP contribution in [0, 0.1) is 5.92 Å². The summed E-state index contributed by atoms with van der Waals surface area (Å²) in [7, 11) is 2.12. The third-order valence-corrected chi connectivity index (χ3v) is 3.54. The minimum Gasteiger partial charge on any atom is -0.333 e. The van der Waals surface area contributed by atoms with Gasteiger partial charge < -0.3 is 9.80 Å². The van der Waals surface area contributed by atoms with Gasteiger partial charge in [-0.3, -0.25) is 4.79 Å². The smallest absolute Gasteiger partial charge is 0.225 e. The van der Waals surface area contributed by atoms with E-state index in [-0.39, 0.29) is 17.9 Å². The Balaban J connectivity index is 2.24. The van der Waals surface area contributed by atoms with Crippen LogP contribution in [0.15, 0.2) is 30.3 Å². The van der Waals surface area contributed by atoms with E-state index in [1.807, 2.05) is 36.9 Å². The van der Waals surface area contributed by atoms with Gasteiger partial charge in [-0.25, -0.2) is 0 Å². The molecule has 1 heterocycles. The standard InChI is InChI=1S/C15H22N2O/c1-12(2)15(18)17-10-9-16(3)11-14(17)13-7-5-4-6-8-13/h4-8,12,14H,9-11H2,1-3H3. The van der Waals surface area contributed by atoms with Crippen molar-refractivity contribution in [2.24, 2.45) is 5.92 Å². The minimum atomic E-state index is 0.0691. The molecule has 3 nitrogen and oxygen atoms in total. The van der Waals surface area contributed by atoms with E-state index in [0.717, 1.165) is 19.6 Å². The van der Waals surface area contributed by atoms with E-state index in [1.165, 1.54) is 5.56 Å². The molecule has 2 rings (SSSR count). The molecule has 98 valence electrons. The number of rotatable bonds is 2. The third kappa shape index (κ3) is 2.72. The van der Waals surface area contributed by atoms with E-state index >= 15 is 0 Å². The zero-order valence-electron chi connectivity index (χ0n) is 11.5. The second kappa shape index (κ2) is 5.53. The van der Waals surface area contributed by atoms with E-state index in [9.17, 15) is 4.79 Å². The van der Waals surface area contributed by atoms with Gasteiger partial charge in [-0.15, -0.1) is 0 Å². The molecule has 1 aromatic rings. The lowest BCUT2D eigenvalue weighted by Gasteiger charge is -2.41. The van der Waals surface area contributed by atoms with Crippen LogP contribution in [-0.2, 0) is 4.79 Å². The van der Waals surface area contributed by atoms with Gasteiger partial charge in [0.25, 0.3) is 0 Å². The first-order chi connectivity index (χ1) is 8.59. The summed E-state index contributed by atoms with van der Waals surface area (Å²) in [6.45, 7) is 6.66. The highest BCUT2D eigenvalue weighted by Crippen LogP contribution is 2.26. The topological polar surface area (TPSA) is 23.6 Å². The number of likely N-dealkylation sites (N-methyl/N-ethyl adjacent to an activating group) is 1. The number of hydrogen-bond acceptors (Lipinski definition) is 2. The molecule has 1 unspecified atom stereocenters. The van der Waals surface area contributed by atoms with E-state index in [4.69, 9.17) is 0 Å². The summed E-state index contributed by atoms with van der Waals surface area (Å²) in [5, 5.41) is 0. The monoisotopic (exact) mass is 246 g/mol. The van der Waals surface area contributed by atoms with Gasteiger partial charge in [-0.05, 0) is 12.6 Å². The highest BCUT2D eigenvalue weighted by Gasteiger charge is 2.30. The molecular formula is C15H22N2O. The maximum Gasteiger partial charge on any atom is 0.225 e. The molecule has 0 N–H and O–H groups in total. The van der Waals surface area contributed by atoms with Crippen LogP contribution >= 0.6 is 0 Å². The molecule has 3 heteroatoms. The van der Waals surface area contributed by atoms with Crippen LogP contribution in [0.1, 0.15) is 25.5 Å². The van der Waals surface area contributed by atoms with Crippen molar-refractivity contribution in [3.63, 3.8) is 0 Å². The van der Waals surface area contributed by atoms with Crippen LogP contribution in [0.4, 0.5) is 0 Å². The Kier molecular flexibility index (Phi) is 4.02. The number of piperazine rings is 1. The molecule has 1 aromatic carbocycles. The molecule has 0 aromatic heterocycles. The molecular weight excluding hydrogens is 224 g/mol. The van der Waals surface area contributed by atoms with Crippen molar-refractivity contribution < 1.29 is 4.79 Å². The predicted octanol–water partition coefficient (Wildman–Crippen LogP) is 2.16. The maximum absolute atomic E-state index is 12.3. The van der Waals surface area contributed by atoms with Gasteiger partial charge in [-0.1, -0.05) is 44.2 Å². The summed E-state index contributed by atoms with van der Waals surface area (Å²) >= 11 is 0. The van der Waals surface area contributed by atoms with Gasteiger partial charge >= 0.3 is 0 Å². The Hall–Kier alpha value is -1.35. The molecule has 1 saturated heterocycles. The molecule has 0 bridgehead atoms. The van der Waals surface area contributed by atoms with Crippen molar-refractivity contribution >= 4 is 5.91 Å².